The number of nitrogens with two attached hydrogens (primary N) is 1. The number of nitrogens with zero attached hydrogens (tertiary/aromatic N) is 1. The minimum Gasteiger partial charge on any atom is -0.341 e. The van der Waals surface area contributed by atoms with Gasteiger partial charge >= 0.3 is 0 Å². The lowest BCUT2D eigenvalue weighted by Gasteiger charge is -2.23. The van der Waals surface area contributed by atoms with Crippen LogP contribution < -0.4 is 5.73 Å². The van der Waals surface area contributed by atoms with Crippen LogP contribution in [0.3, 0.4) is 0 Å². The van der Waals surface area contributed by atoms with Crippen molar-refractivity contribution in [2.75, 3.05) is 13.1 Å². The lowest BCUT2D eigenvalue weighted by atomic mass is 10.2. The SMILES string of the molecule is CCCN(CCC)C(=O)[C@@H](C)N. The smallest absolute Gasteiger partial charge is 0.239 e. The Morgan fingerprint density at radius 1 is 1.33 bits per heavy atom. The van der Waals surface area contributed by atoms with Crippen LogP contribution in [0, 0.1) is 0 Å². The first kappa shape index (κ1) is 11.4. The Hall–Kier alpha value is -0.570. The predicted octanol–water partition coefficient (Wildman–Crippen LogP) is 0.982. The fourth-order valence-corrected chi connectivity index (χ4v) is 1.16. The van der Waals surface area contributed by atoms with E-state index >= 15 is 0 Å². The Labute approximate surface area is 74.9 Å². The third kappa shape index (κ3) is 3.72. The van der Waals surface area contributed by atoms with Gasteiger partial charge in [-0.25, -0.2) is 0 Å². The summed E-state index contributed by atoms with van der Waals surface area (Å²) in [5.74, 6) is 0.0682. The highest BCUT2D eigenvalue weighted by Gasteiger charge is 2.14. The molecule has 0 fully saturated rings. The van der Waals surface area contributed by atoms with Gasteiger partial charge in [0.15, 0.2) is 0 Å². The zero-order valence-corrected chi connectivity index (χ0v) is 8.34. The van der Waals surface area contributed by atoms with Gasteiger partial charge in [-0.1, -0.05) is 13.8 Å². The van der Waals surface area contributed by atoms with E-state index in [1.54, 1.807) is 6.92 Å². The van der Waals surface area contributed by atoms with E-state index in [2.05, 4.69) is 13.8 Å². The van der Waals surface area contributed by atoms with Crippen LogP contribution in [0.25, 0.3) is 0 Å². The van der Waals surface area contributed by atoms with Crippen molar-refractivity contribution in [1.82, 2.24) is 4.90 Å². The van der Waals surface area contributed by atoms with Crippen LogP contribution >= 0.6 is 0 Å². The summed E-state index contributed by atoms with van der Waals surface area (Å²) in [5.41, 5.74) is 5.51. The molecule has 0 heterocycles. The van der Waals surface area contributed by atoms with E-state index in [-0.39, 0.29) is 11.9 Å². The first-order valence-corrected chi connectivity index (χ1v) is 4.67. The van der Waals surface area contributed by atoms with Crippen LogP contribution in [0.1, 0.15) is 33.6 Å². The van der Waals surface area contributed by atoms with E-state index in [1.807, 2.05) is 4.90 Å². The van der Waals surface area contributed by atoms with E-state index < -0.39 is 0 Å². The number of amides is 1. The van der Waals surface area contributed by atoms with Crippen molar-refractivity contribution in [3.63, 3.8) is 0 Å². The third-order valence-corrected chi connectivity index (χ3v) is 1.69. The summed E-state index contributed by atoms with van der Waals surface area (Å²) in [6.07, 6.45) is 2.00. The molecule has 0 radical (unpaired) electrons. The van der Waals surface area contributed by atoms with Gasteiger partial charge in [0, 0.05) is 13.1 Å². The lowest BCUT2D eigenvalue weighted by Crippen LogP contribution is -2.42. The van der Waals surface area contributed by atoms with E-state index in [0.717, 1.165) is 25.9 Å². The molecule has 0 spiro atoms. The fourth-order valence-electron chi connectivity index (χ4n) is 1.16. The molecule has 3 nitrogen and oxygen atoms in total. The molecule has 1 atom stereocenters. The predicted molar refractivity (Wildman–Crippen MR) is 50.8 cm³/mol. The molecule has 0 saturated heterocycles. The molecule has 1 amide bonds. The van der Waals surface area contributed by atoms with Gasteiger partial charge in [-0.15, -0.1) is 0 Å². The Bertz CT molecular complexity index is 128. The van der Waals surface area contributed by atoms with Gasteiger partial charge in [-0.3, -0.25) is 4.79 Å². The van der Waals surface area contributed by atoms with Crippen LogP contribution in [-0.4, -0.2) is 29.9 Å². The van der Waals surface area contributed by atoms with Crippen LogP contribution in [0.2, 0.25) is 0 Å². The zero-order chi connectivity index (χ0) is 9.56. The summed E-state index contributed by atoms with van der Waals surface area (Å²) in [4.78, 5) is 13.3. The number of carbonyl (C=O) groups excluding carboxylic acids is 1. The highest BCUT2D eigenvalue weighted by Crippen LogP contribution is 1.97. The monoisotopic (exact) mass is 172 g/mol. The summed E-state index contributed by atoms with van der Waals surface area (Å²) in [7, 11) is 0. The third-order valence-electron chi connectivity index (χ3n) is 1.69. The number of rotatable bonds is 5. The average molecular weight is 172 g/mol. The Kier molecular flexibility index (Phi) is 5.72. The van der Waals surface area contributed by atoms with E-state index in [9.17, 15) is 4.79 Å². The topological polar surface area (TPSA) is 46.3 Å². The van der Waals surface area contributed by atoms with Crippen LogP contribution in [0.4, 0.5) is 0 Å². The van der Waals surface area contributed by atoms with Gasteiger partial charge in [0.05, 0.1) is 6.04 Å². The summed E-state index contributed by atoms with van der Waals surface area (Å²) in [5, 5.41) is 0. The fraction of sp³-hybridized carbons (Fsp3) is 0.889. The van der Waals surface area contributed by atoms with E-state index in [0.29, 0.717) is 0 Å². The summed E-state index contributed by atoms with van der Waals surface area (Å²) in [6.45, 7) is 7.53. The second kappa shape index (κ2) is 6.00. The number of carbonyl (C=O) groups is 1. The minimum atomic E-state index is -0.358. The lowest BCUT2D eigenvalue weighted by molar-refractivity contribution is -0.132. The van der Waals surface area contributed by atoms with Gasteiger partial charge < -0.3 is 10.6 Å². The summed E-state index contributed by atoms with van der Waals surface area (Å²) < 4.78 is 0. The summed E-state index contributed by atoms with van der Waals surface area (Å²) >= 11 is 0. The van der Waals surface area contributed by atoms with Crippen LogP contribution in [-0.2, 0) is 4.79 Å². The van der Waals surface area contributed by atoms with Crippen molar-refractivity contribution in [3.05, 3.63) is 0 Å². The second-order valence-electron chi connectivity index (χ2n) is 3.11. The standard InChI is InChI=1S/C9H20N2O/c1-4-6-11(7-5-2)9(12)8(3)10/h8H,4-7,10H2,1-3H3/t8-/m1/s1. The molecule has 0 saturated carbocycles. The van der Waals surface area contributed by atoms with Gasteiger partial charge in [-0.2, -0.15) is 0 Å². The first-order valence-electron chi connectivity index (χ1n) is 4.67. The van der Waals surface area contributed by atoms with E-state index in [1.165, 1.54) is 0 Å². The van der Waals surface area contributed by atoms with Crippen molar-refractivity contribution in [2.45, 2.75) is 39.7 Å². The average Bonchev–Trinajstić information content (AvgIpc) is 2.03. The maximum Gasteiger partial charge on any atom is 0.239 e. The Balaban J connectivity index is 3.99. The normalized spacial score (nSPS) is 12.7. The molecule has 0 bridgehead atoms. The van der Waals surface area contributed by atoms with Gasteiger partial charge in [0.1, 0.15) is 0 Å². The maximum atomic E-state index is 11.4. The van der Waals surface area contributed by atoms with Crippen LogP contribution in [0.15, 0.2) is 0 Å². The first-order chi connectivity index (χ1) is 5.63. The van der Waals surface area contributed by atoms with Crippen molar-refractivity contribution >= 4 is 5.91 Å². The second-order valence-corrected chi connectivity index (χ2v) is 3.11. The molecule has 0 aromatic heterocycles. The van der Waals surface area contributed by atoms with Gasteiger partial charge in [0.25, 0.3) is 0 Å². The van der Waals surface area contributed by atoms with Crippen molar-refractivity contribution in [2.24, 2.45) is 5.73 Å². The highest BCUT2D eigenvalue weighted by molar-refractivity contribution is 5.81. The molecule has 0 aliphatic rings. The molecule has 72 valence electrons. The molecule has 0 aromatic carbocycles. The summed E-state index contributed by atoms with van der Waals surface area (Å²) in [6, 6.07) is -0.358. The van der Waals surface area contributed by atoms with Crippen molar-refractivity contribution in [1.29, 1.82) is 0 Å². The molecular weight excluding hydrogens is 152 g/mol. The largest absolute Gasteiger partial charge is 0.341 e. The van der Waals surface area contributed by atoms with E-state index in [4.69, 9.17) is 5.73 Å². The quantitative estimate of drug-likeness (QED) is 0.672. The molecule has 0 rings (SSSR count). The molecule has 0 aliphatic heterocycles. The van der Waals surface area contributed by atoms with Crippen molar-refractivity contribution in [3.8, 4) is 0 Å². The van der Waals surface area contributed by atoms with Gasteiger partial charge in [0.2, 0.25) is 5.91 Å². The zero-order valence-electron chi connectivity index (χ0n) is 8.34. The molecule has 3 heteroatoms. The Morgan fingerprint density at radius 2 is 1.75 bits per heavy atom. The van der Waals surface area contributed by atoms with Crippen molar-refractivity contribution < 1.29 is 4.79 Å². The molecule has 0 aromatic rings. The van der Waals surface area contributed by atoms with Gasteiger partial charge in [-0.05, 0) is 19.8 Å². The number of hydrogen-bond acceptors (Lipinski definition) is 2. The van der Waals surface area contributed by atoms with Crippen LogP contribution in [0.5, 0.6) is 0 Å². The minimum absolute atomic E-state index is 0.0682. The molecule has 0 unspecified atom stereocenters. The molecule has 12 heavy (non-hydrogen) atoms. The molecule has 0 aliphatic carbocycles. The Morgan fingerprint density at radius 3 is 2.00 bits per heavy atom. The number of hydrogen-bond donors (Lipinski definition) is 1. The maximum absolute atomic E-state index is 11.4. The highest BCUT2D eigenvalue weighted by atomic mass is 16.2. The molecule has 2 N–H and O–H groups in total. The molecular formula is C9H20N2O.